The van der Waals surface area contributed by atoms with Crippen LogP contribution in [-0.2, 0) is 0 Å². The number of hydrogen-bond donors (Lipinski definition) is 0. The van der Waals surface area contributed by atoms with Gasteiger partial charge in [-0.3, -0.25) is 4.57 Å². The molecule has 6 nitrogen and oxygen atoms in total. The van der Waals surface area contributed by atoms with Gasteiger partial charge in [0.25, 0.3) is 0 Å². The molecule has 0 radical (unpaired) electrons. The fourth-order valence-electron chi connectivity index (χ4n) is 3.79. The van der Waals surface area contributed by atoms with Crippen molar-refractivity contribution in [3.63, 3.8) is 0 Å². The van der Waals surface area contributed by atoms with Crippen LogP contribution in [0.2, 0.25) is 5.02 Å². The van der Waals surface area contributed by atoms with Crippen LogP contribution >= 0.6 is 11.6 Å². The van der Waals surface area contributed by atoms with Gasteiger partial charge in [-0.05, 0) is 62.7 Å². The van der Waals surface area contributed by atoms with E-state index >= 15 is 0 Å². The molecule has 0 aliphatic rings. The molecular formula is C23H20ClN5O. The van der Waals surface area contributed by atoms with Gasteiger partial charge >= 0.3 is 0 Å². The van der Waals surface area contributed by atoms with Crippen LogP contribution in [0.3, 0.4) is 0 Å². The first kappa shape index (κ1) is 18.6. The minimum Gasteiger partial charge on any atom is -0.494 e. The predicted octanol–water partition coefficient (Wildman–Crippen LogP) is 5.40. The van der Waals surface area contributed by atoms with Gasteiger partial charge in [0.15, 0.2) is 17.1 Å². The minimum atomic E-state index is 0.584. The molecule has 0 unspecified atom stereocenters. The Morgan fingerprint density at radius 1 is 1.00 bits per heavy atom. The van der Waals surface area contributed by atoms with Crippen LogP contribution < -0.4 is 4.74 Å². The number of rotatable bonds is 4. The van der Waals surface area contributed by atoms with E-state index in [-0.39, 0.29) is 0 Å². The van der Waals surface area contributed by atoms with Crippen LogP contribution in [0.5, 0.6) is 5.75 Å². The van der Waals surface area contributed by atoms with E-state index in [9.17, 15) is 0 Å². The van der Waals surface area contributed by atoms with Gasteiger partial charge in [0.2, 0.25) is 0 Å². The Balaban J connectivity index is 1.72. The molecule has 0 aliphatic carbocycles. The van der Waals surface area contributed by atoms with Gasteiger partial charge in [0.1, 0.15) is 12.1 Å². The summed E-state index contributed by atoms with van der Waals surface area (Å²) in [6, 6.07) is 15.6. The number of halogens is 1. The Hall–Kier alpha value is -3.38. The standard InChI is InChI=1S/C23H20ClN5O/c1-4-30-17-11-9-16(10-12-17)29-15(3)14(2)20-22(29)25-13-28-23(20)26-21(27-28)18-7-5-6-8-19(18)24/h5-13H,4H2,1-3H3. The molecule has 0 aliphatic heterocycles. The van der Waals surface area contributed by atoms with Crippen molar-refractivity contribution in [2.24, 2.45) is 0 Å². The van der Waals surface area contributed by atoms with Crippen molar-refractivity contribution in [1.29, 1.82) is 0 Å². The smallest absolute Gasteiger partial charge is 0.183 e. The van der Waals surface area contributed by atoms with E-state index in [0.29, 0.717) is 17.5 Å². The van der Waals surface area contributed by atoms with Gasteiger partial charge < -0.3 is 4.74 Å². The maximum absolute atomic E-state index is 6.36. The first-order chi connectivity index (χ1) is 14.6. The molecular weight excluding hydrogens is 398 g/mol. The summed E-state index contributed by atoms with van der Waals surface area (Å²) in [5.74, 6) is 1.44. The predicted molar refractivity (Wildman–Crippen MR) is 119 cm³/mol. The molecule has 5 rings (SSSR count). The molecule has 7 heteroatoms. The van der Waals surface area contributed by atoms with Crippen LogP contribution in [0.25, 0.3) is 33.8 Å². The highest BCUT2D eigenvalue weighted by Crippen LogP contribution is 2.32. The average molecular weight is 418 g/mol. The fraction of sp³-hybridized carbons (Fsp3) is 0.174. The Kier molecular flexibility index (Phi) is 4.44. The maximum atomic E-state index is 6.36. The third-order valence-corrected chi connectivity index (χ3v) is 5.68. The third-order valence-electron chi connectivity index (χ3n) is 5.35. The van der Waals surface area contributed by atoms with Crippen LogP contribution in [-0.4, -0.2) is 30.8 Å². The topological polar surface area (TPSA) is 57.2 Å². The summed E-state index contributed by atoms with van der Waals surface area (Å²) >= 11 is 6.36. The van der Waals surface area contributed by atoms with Gasteiger partial charge in [0, 0.05) is 16.9 Å². The number of ether oxygens (including phenoxy) is 1. The molecule has 0 bridgehead atoms. The highest BCUT2D eigenvalue weighted by Gasteiger charge is 2.20. The largest absolute Gasteiger partial charge is 0.494 e. The van der Waals surface area contributed by atoms with E-state index in [0.717, 1.165) is 44.9 Å². The quantitative estimate of drug-likeness (QED) is 0.392. The lowest BCUT2D eigenvalue weighted by molar-refractivity contribution is 0.340. The van der Waals surface area contributed by atoms with Crippen molar-refractivity contribution in [3.8, 4) is 22.8 Å². The Morgan fingerprint density at radius 2 is 1.77 bits per heavy atom. The van der Waals surface area contributed by atoms with E-state index in [1.165, 1.54) is 0 Å². The monoisotopic (exact) mass is 417 g/mol. The van der Waals surface area contributed by atoms with Crippen LogP contribution in [0.1, 0.15) is 18.2 Å². The van der Waals surface area contributed by atoms with Gasteiger partial charge in [0.05, 0.1) is 17.0 Å². The molecule has 0 saturated heterocycles. The van der Waals surface area contributed by atoms with Crippen LogP contribution in [0.4, 0.5) is 0 Å². The molecule has 150 valence electrons. The molecule has 0 saturated carbocycles. The highest BCUT2D eigenvalue weighted by atomic mass is 35.5. The third kappa shape index (κ3) is 2.83. The fourth-order valence-corrected chi connectivity index (χ4v) is 4.01. The second kappa shape index (κ2) is 7.15. The molecule has 5 aromatic rings. The summed E-state index contributed by atoms with van der Waals surface area (Å²) in [5.41, 5.74) is 5.67. The van der Waals surface area contributed by atoms with Crippen LogP contribution in [0.15, 0.2) is 54.9 Å². The molecule has 2 aromatic carbocycles. The van der Waals surface area contributed by atoms with Crippen molar-refractivity contribution in [2.75, 3.05) is 6.61 Å². The Labute approximate surface area is 178 Å². The lowest BCUT2D eigenvalue weighted by Crippen LogP contribution is -1.99. The number of nitrogens with zero attached hydrogens (tertiary/aromatic N) is 5. The van der Waals surface area contributed by atoms with Gasteiger partial charge in [-0.2, -0.15) is 0 Å². The first-order valence-electron chi connectivity index (χ1n) is 9.79. The molecule has 0 atom stereocenters. The molecule has 30 heavy (non-hydrogen) atoms. The normalized spacial score (nSPS) is 11.5. The first-order valence-corrected chi connectivity index (χ1v) is 10.2. The van der Waals surface area contributed by atoms with Crippen molar-refractivity contribution >= 4 is 28.3 Å². The number of fused-ring (bicyclic) bond motifs is 3. The van der Waals surface area contributed by atoms with Crippen molar-refractivity contribution in [1.82, 2.24) is 24.1 Å². The Morgan fingerprint density at radius 3 is 2.50 bits per heavy atom. The highest BCUT2D eigenvalue weighted by molar-refractivity contribution is 6.33. The summed E-state index contributed by atoms with van der Waals surface area (Å²) in [5, 5.41) is 6.22. The minimum absolute atomic E-state index is 0.584. The zero-order valence-electron chi connectivity index (χ0n) is 16.9. The lowest BCUT2D eigenvalue weighted by Gasteiger charge is -2.09. The number of benzene rings is 2. The van der Waals surface area contributed by atoms with E-state index in [2.05, 4.69) is 23.5 Å². The molecule has 3 heterocycles. The summed E-state index contributed by atoms with van der Waals surface area (Å²) < 4.78 is 9.44. The number of aromatic nitrogens is 5. The average Bonchev–Trinajstić information content (AvgIpc) is 3.29. The molecule has 0 spiro atoms. The van der Waals surface area contributed by atoms with Gasteiger partial charge in [-0.25, -0.2) is 14.5 Å². The second-order valence-corrected chi connectivity index (χ2v) is 7.51. The van der Waals surface area contributed by atoms with E-state index < -0.39 is 0 Å². The lowest BCUT2D eigenvalue weighted by atomic mass is 10.2. The maximum Gasteiger partial charge on any atom is 0.183 e. The van der Waals surface area contributed by atoms with Gasteiger partial charge in [-0.1, -0.05) is 23.7 Å². The van der Waals surface area contributed by atoms with Gasteiger partial charge in [-0.15, -0.1) is 5.10 Å². The van der Waals surface area contributed by atoms with Crippen molar-refractivity contribution in [2.45, 2.75) is 20.8 Å². The zero-order chi connectivity index (χ0) is 20.8. The SMILES string of the molecule is CCOc1ccc(-n2c(C)c(C)c3c2ncn2nc(-c4ccccc4Cl)nc32)cc1. The second-order valence-electron chi connectivity index (χ2n) is 7.10. The molecule has 3 aromatic heterocycles. The van der Waals surface area contributed by atoms with E-state index in [1.54, 1.807) is 10.8 Å². The number of hydrogen-bond acceptors (Lipinski definition) is 4. The van der Waals surface area contributed by atoms with Crippen molar-refractivity contribution in [3.05, 3.63) is 71.1 Å². The van der Waals surface area contributed by atoms with E-state index in [4.69, 9.17) is 26.3 Å². The summed E-state index contributed by atoms with van der Waals surface area (Å²) in [6.07, 6.45) is 1.70. The Bertz CT molecular complexity index is 1380. The summed E-state index contributed by atoms with van der Waals surface area (Å²) in [4.78, 5) is 9.53. The van der Waals surface area contributed by atoms with E-state index in [1.807, 2.05) is 55.5 Å². The zero-order valence-corrected chi connectivity index (χ0v) is 17.7. The molecule has 0 N–H and O–H groups in total. The van der Waals surface area contributed by atoms with Crippen molar-refractivity contribution < 1.29 is 4.74 Å². The summed E-state index contributed by atoms with van der Waals surface area (Å²) in [6.45, 7) is 6.80. The molecule has 0 amide bonds. The number of aryl methyl sites for hydroxylation is 1. The molecule has 0 fully saturated rings. The van der Waals surface area contributed by atoms with Crippen LogP contribution in [0, 0.1) is 13.8 Å². The summed E-state index contributed by atoms with van der Waals surface area (Å²) in [7, 11) is 0.